The molecule has 2 amide bonds. The summed E-state index contributed by atoms with van der Waals surface area (Å²) in [4.78, 5) is 13.8. The van der Waals surface area contributed by atoms with Crippen molar-refractivity contribution < 1.29 is 26.2 Å². The van der Waals surface area contributed by atoms with Gasteiger partial charge in [0.2, 0.25) is 0 Å². The Labute approximate surface area is 174 Å². The summed E-state index contributed by atoms with van der Waals surface area (Å²) in [7, 11) is -4.12. The Hall–Kier alpha value is -3.33. The van der Waals surface area contributed by atoms with E-state index in [-0.39, 0.29) is 29.8 Å². The van der Waals surface area contributed by atoms with Crippen molar-refractivity contribution >= 4 is 16.1 Å². The fourth-order valence-electron chi connectivity index (χ4n) is 2.75. The van der Waals surface area contributed by atoms with Crippen molar-refractivity contribution in [1.29, 1.82) is 0 Å². The van der Waals surface area contributed by atoms with E-state index in [2.05, 4.69) is 5.32 Å². The van der Waals surface area contributed by atoms with Gasteiger partial charge in [0.1, 0.15) is 22.2 Å². The maximum Gasteiger partial charge on any atom is 0.339 e. The molecule has 2 aromatic carbocycles. The van der Waals surface area contributed by atoms with Gasteiger partial charge in [-0.05, 0) is 61.0 Å². The van der Waals surface area contributed by atoms with Gasteiger partial charge in [0.05, 0.1) is 12.8 Å². The van der Waals surface area contributed by atoms with Crippen molar-refractivity contribution in [2.75, 3.05) is 6.54 Å². The van der Waals surface area contributed by atoms with Crippen LogP contribution in [0.1, 0.15) is 18.2 Å². The van der Waals surface area contributed by atoms with Crippen LogP contribution in [0.15, 0.2) is 76.2 Å². The maximum absolute atomic E-state index is 13.1. The Morgan fingerprint density at radius 3 is 2.53 bits per heavy atom. The van der Waals surface area contributed by atoms with Gasteiger partial charge < -0.3 is 18.8 Å². The van der Waals surface area contributed by atoms with Gasteiger partial charge in [-0.3, -0.25) is 0 Å². The molecule has 0 saturated carbocycles. The van der Waals surface area contributed by atoms with Gasteiger partial charge >= 0.3 is 16.1 Å². The number of amides is 2. The van der Waals surface area contributed by atoms with E-state index >= 15 is 0 Å². The van der Waals surface area contributed by atoms with Gasteiger partial charge in [-0.2, -0.15) is 8.42 Å². The first kappa shape index (κ1) is 21.4. The van der Waals surface area contributed by atoms with Crippen LogP contribution in [-0.4, -0.2) is 25.9 Å². The van der Waals surface area contributed by atoms with Crippen LogP contribution in [0.2, 0.25) is 0 Å². The summed E-state index contributed by atoms with van der Waals surface area (Å²) in [6, 6.07) is 14.0. The number of carbonyl (C=O) groups excluding carboxylic acids is 1. The molecule has 1 aromatic heterocycles. The molecule has 1 heterocycles. The average Bonchev–Trinajstić information content (AvgIpc) is 3.21. The standard InChI is InChI=1S/C21H21FN2O5S/c1-2-23-21(25)24(15-19-7-4-12-28-19)14-16-5-3-6-18(13-16)29-30(26,27)20-10-8-17(22)9-11-20/h3-13H,2,14-15H2,1H3,(H,23,25). The van der Waals surface area contributed by atoms with Gasteiger partial charge in [0, 0.05) is 13.1 Å². The quantitative estimate of drug-likeness (QED) is 0.545. The lowest BCUT2D eigenvalue weighted by molar-refractivity contribution is 0.188. The topological polar surface area (TPSA) is 88.9 Å². The zero-order valence-electron chi connectivity index (χ0n) is 16.2. The lowest BCUT2D eigenvalue weighted by Gasteiger charge is -2.22. The van der Waals surface area contributed by atoms with Crippen LogP contribution in [0, 0.1) is 5.82 Å². The first-order valence-corrected chi connectivity index (χ1v) is 10.6. The summed E-state index contributed by atoms with van der Waals surface area (Å²) < 4.78 is 48.4. The third kappa shape index (κ3) is 5.60. The van der Waals surface area contributed by atoms with Gasteiger partial charge in [0.15, 0.2) is 0 Å². The molecule has 0 aliphatic rings. The van der Waals surface area contributed by atoms with Crippen LogP contribution in [0.4, 0.5) is 9.18 Å². The molecule has 9 heteroatoms. The highest BCUT2D eigenvalue weighted by Gasteiger charge is 2.18. The van der Waals surface area contributed by atoms with Crippen LogP contribution < -0.4 is 9.50 Å². The van der Waals surface area contributed by atoms with Crippen molar-refractivity contribution in [3.8, 4) is 5.75 Å². The highest BCUT2D eigenvalue weighted by Crippen LogP contribution is 2.21. The molecular weight excluding hydrogens is 411 g/mol. The normalized spacial score (nSPS) is 11.1. The Kier molecular flexibility index (Phi) is 6.73. The molecule has 0 atom stereocenters. The molecular formula is C21H21FN2O5S. The molecule has 7 nitrogen and oxygen atoms in total. The van der Waals surface area contributed by atoms with E-state index in [9.17, 15) is 17.6 Å². The molecule has 0 spiro atoms. The van der Waals surface area contributed by atoms with Crippen molar-refractivity contribution in [3.05, 3.63) is 84.1 Å². The second-order valence-electron chi connectivity index (χ2n) is 6.41. The summed E-state index contributed by atoms with van der Waals surface area (Å²) in [6.45, 7) is 2.74. The molecule has 0 aliphatic carbocycles. The predicted octanol–water partition coefficient (Wildman–Crippen LogP) is 3.92. The Morgan fingerprint density at radius 1 is 1.10 bits per heavy atom. The smallest absolute Gasteiger partial charge is 0.339 e. The minimum Gasteiger partial charge on any atom is -0.467 e. The van der Waals surface area contributed by atoms with Crippen LogP contribution in [0.3, 0.4) is 0 Å². The van der Waals surface area contributed by atoms with E-state index in [4.69, 9.17) is 8.60 Å². The first-order valence-electron chi connectivity index (χ1n) is 9.21. The number of furan rings is 1. The fourth-order valence-corrected chi connectivity index (χ4v) is 3.67. The van der Waals surface area contributed by atoms with E-state index < -0.39 is 15.9 Å². The summed E-state index contributed by atoms with van der Waals surface area (Å²) in [5.74, 6) is 0.163. The minimum absolute atomic E-state index is 0.0886. The van der Waals surface area contributed by atoms with Gasteiger partial charge in [-0.1, -0.05) is 12.1 Å². The lowest BCUT2D eigenvalue weighted by Crippen LogP contribution is -2.38. The van der Waals surface area contributed by atoms with Crippen LogP contribution in [0.5, 0.6) is 5.75 Å². The summed E-state index contributed by atoms with van der Waals surface area (Å²) in [6.07, 6.45) is 1.53. The maximum atomic E-state index is 13.1. The Morgan fingerprint density at radius 2 is 1.87 bits per heavy atom. The third-order valence-electron chi connectivity index (χ3n) is 4.12. The zero-order valence-corrected chi connectivity index (χ0v) is 17.1. The monoisotopic (exact) mass is 432 g/mol. The lowest BCUT2D eigenvalue weighted by atomic mass is 10.2. The Bertz CT molecular complexity index is 1080. The van der Waals surface area contributed by atoms with Crippen molar-refractivity contribution in [2.45, 2.75) is 24.9 Å². The number of hydrogen-bond acceptors (Lipinski definition) is 5. The molecule has 0 bridgehead atoms. The molecule has 0 unspecified atom stereocenters. The first-order chi connectivity index (χ1) is 14.4. The second kappa shape index (κ2) is 9.45. The SMILES string of the molecule is CCNC(=O)N(Cc1cccc(OS(=O)(=O)c2ccc(F)cc2)c1)Cc1ccco1. The summed E-state index contributed by atoms with van der Waals surface area (Å²) in [5, 5.41) is 2.74. The van der Waals surface area contributed by atoms with Crippen LogP contribution in [-0.2, 0) is 23.2 Å². The zero-order chi connectivity index (χ0) is 21.6. The van der Waals surface area contributed by atoms with Crippen LogP contribution >= 0.6 is 0 Å². The van der Waals surface area contributed by atoms with E-state index in [1.807, 2.05) is 6.92 Å². The number of nitrogens with zero attached hydrogens (tertiary/aromatic N) is 1. The minimum atomic E-state index is -4.12. The van der Waals surface area contributed by atoms with E-state index in [0.29, 0.717) is 17.9 Å². The van der Waals surface area contributed by atoms with E-state index in [0.717, 1.165) is 24.3 Å². The van der Waals surface area contributed by atoms with Crippen molar-refractivity contribution in [2.24, 2.45) is 0 Å². The van der Waals surface area contributed by atoms with Crippen LogP contribution in [0.25, 0.3) is 0 Å². The number of hydrogen-bond donors (Lipinski definition) is 1. The van der Waals surface area contributed by atoms with E-state index in [1.165, 1.54) is 23.3 Å². The molecule has 0 saturated heterocycles. The molecule has 158 valence electrons. The average molecular weight is 432 g/mol. The molecule has 0 radical (unpaired) electrons. The summed E-state index contributed by atoms with van der Waals surface area (Å²) in [5.41, 5.74) is 0.666. The predicted molar refractivity (Wildman–Crippen MR) is 108 cm³/mol. The molecule has 3 rings (SSSR count). The van der Waals surface area contributed by atoms with E-state index in [1.54, 1.807) is 24.3 Å². The molecule has 3 aromatic rings. The number of rotatable bonds is 8. The molecule has 0 aliphatic heterocycles. The number of carbonyl (C=O) groups is 1. The largest absolute Gasteiger partial charge is 0.467 e. The summed E-state index contributed by atoms with van der Waals surface area (Å²) >= 11 is 0. The Balaban J connectivity index is 1.77. The highest BCUT2D eigenvalue weighted by atomic mass is 32.2. The number of benzene rings is 2. The van der Waals surface area contributed by atoms with Crippen molar-refractivity contribution in [1.82, 2.24) is 10.2 Å². The number of urea groups is 1. The van der Waals surface area contributed by atoms with Gasteiger partial charge in [0.25, 0.3) is 0 Å². The highest BCUT2D eigenvalue weighted by molar-refractivity contribution is 7.87. The van der Waals surface area contributed by atoms with Gasteiger partial charge in [-0.15, -0.1) is 0 Å². The number of nitrogens with one attached hydrogen (secondary N) is 1. The number of halogens is 1. The molecule has 30 heavy (non-hydrogen) atoms. The van der Waals surface area contributed by atoms with Gasteiger partial charge in [-0.25, -0.2) is 9.18 Å². The van der Waals surface area contributed by atoms with Crippen molar-refractivity contribution in [3.63, 3.8) is 0 Å². The molecule has 1 N–H and O–H groups in total. The fraction of sp³-hybridized carbons (Fsp3) is 0.190. The second-order valence-corrected chi connectivity index (χ2v) is 7.96. The third-order valence-corrected chi connectivity index (χ3v) is 5.38. The molecule has 0 fully saturated rings.